The second-order valence-electron chi connectivity index (χ2n) is 6.76. The largest absolute Gasteiger partial charge is 0.472 e. The Kier molecular flexibility index (Phi) is 5.58. The average Bonchev–Trinajstić information content (AvgIpc) is 3.18. The first-order chi connectivity index (χ1) is 12.9. The Labute approximate surface area is 155 Å². The lowest BCUT2D eigenvalue weighted by Crippen LogP contribution is -2.51. The molecule has 144 valence electrons. The van der Waals surface area contributed by atoms with E-state index in [2.05, 4.69) is 0 Å². The number of ether oxygens (including phenoxy) is 1. The molecule has 0 bridgehead atoms. The number of carbonyl (C=O) groups excluding carboxylic acids is 2. The van der Waals surface area contributed by atoms with Crippen LogP contribution in [0.25, 0.3) is 0 Å². The van der Waals surface area contributed by atoms with Gasteiger partial charge in [-0.15, -0.1) is 0 Å². The van der Waals surface area contributed by atoms with Gasteiger partial charge in [0.1, 0.15) is 17.9 Å². The van der Waals surface area contributed by atoms with Crippen LogP contribution in [-0.4, -0.2) is 36.5 Å². The minimum atomic E-state index is -1.08. The maximum atomic E-state index is 14.2. The second kappa shape index (κ2) is 7.90. The summed E-state index contributed by atoms with van der Waals surface area (Å²) in [5.41, 5.74) is -0.462. The molecule has 1 fully saturated rings. The van der Waals surface area contributed by atoms with Crippen LogP contribution < -0.4 is 0 Å². The molecule has 1 aliphatic rings. The van der Waals surface area contributed by atoms with Crippen molar-refractivity contribution in [1.82, 2.24) is 4.90 Å². The predicted molar refractivity (Wildman–Crippen MR) is 93.0 cm³/mol. The number of rotatable bonds is 5. The van der Waals surface area contributed by atoms with Crippen molar-refractivity contribution in [3.63, 3.8) is 0 Å². The highest BCUT2D eigenvalue weighted by Gasteiger charge is 2.45. The Hall–Kier alpha value is -2.70. The highest BCUT2D eigenvalue weighted by Crippen LogP contribution is 2.36. The minimum absolute atomic E-state index is 0.0348. The van der Waals surface area contributed by atoms with Crippen LogP contribution in [0.15, 0.2) is 41.2 Å². The maximum Gasteiger partial charge on any atom is 0.314 e. The van der Waals surface area contributed by atoms with Gasteiger partial charge in [-0.25, -0.2) is 8.78 Å². The van der Waals surface area contributed by atoms with E-state index in [1.807, 2.05) is 0 Å². The van der Waals surface area contributed by atoms with E-state index in [1.165, 1.54) is 18.6 Å². The van der Waals surface area contributed by atoms with Gasteiger partial charge >= 0.3 is 5.97 Å². The molecule has 1 unspecified atom stereocenters. The molecule has 0 N–H and O–H groups in total. The van der Waals surface area contributed by atoms with Crippen LogP contribution >= 0.6 is 0 Å². The van der Waals surface area contributed by atoms with Crippen LogP contribution in [0.2, 0.25) is 0 Å². The molecular weight excluding hydrogens is 356 g/mol. The monoisotopic (exact) mass is 377 g/mol. The molecule has 7 heteroatoms. The molecule has 1 atom stereocenters. The van der Waals surface area contributed by atoms with Gasteiger partial charge in [0.05, 0.1) is 23.8 Å². The number of carbonyl (C=O) groups is 2. The lowest BCUT2D eigenvalue weighted by Gasteiger charge is -2.41. The van der Waals surface area contributed by atoms with Crippen LogP contribution in [0.4, 0.5) is 8.78 Å². The fourth-order valence-corrected chi connectivity index (χ4v) is 3.57. The molecule has 0 spiro atoms. The van der Waals surface area contributed by atoms with Gasteiger partial charge in [-0.2, -0.15) is 0 Å². The second-order valence-corrected chi connectivity index (χ2v) is 6.76. The standard InChI is InChI=1S/C20H21F2NO4/c1-2-27-19(25)20(11-14-4-5-16(21)10-17(14)22)7-3-8-23(13-20)18(24)15-6-9-26-12-15/h4-6,9-10,12H,2-3,7-8,11,13H2,1H3. The van der Waals surface area contributed by atoms with Crippen molar-refractivity contribution in [1.29, 1.82) is 0 Å². The highest BCUT2D eigenvalue weighted by molar-refractivity contribution is 5.94. The first-order valence-corrected chi connectivity index (χ1v) is 8.88. The van der Waals surface area contributed by atoms with Gasteiger partial charge in [0.25, 0.3) is 5.91 Å². The molecule has 0 radical (unpaired) electrons. The van der Waals surface area contributed by atoms with Crippen molar-refractivity contribution in [3.05, 3.63) is 59.6 Å². The molecule has 1 amide bonds. The number of hydrogen-bond donors (Lipinski definition) is 0. The Bertz CT molecular complexity index is 821. The molecule has 1 aliphatic heterocycles. The van der Waals surface area contributed by atoms with E-state index >= 15 is 0 Å². The molecule has 5 nitrogen and oxygen atoms in total. The predicted octanol–water partition coefficient (Wildman–Crippen LogP) is 3.59. The van der Waals surface area contributed by atoms with E-state index < -0.39 is 23.0 Å². The number of furan rings is 1. The van der Waals surface area contributed by atoms with Gasteiger partial charge in [0, 0.05) is 19.2 Å². The third-order valence-electron chi connectivity index (χ3n) is 4.88. The summed E-state index contributed by atoms with van der Waals surface area (Å²) in [4.78, 5) is 27.0. The van der Waals surface area contributed by atoms with Crippen molar-refractivity contribution in [3.8, 4) is 0 Å². The van der Waals surface area contributed by atoms with Crippen molar-refractivity contribution < 1.29 is 27.5 Å². The topological polar surface area (TPSA) is 59.8 Å². The van der Waals surface area contributed by atoms with Crippen molar-refractivity contribution in [2.24, 2.45) is 5.41 Å². The summed E-state index contributed by atoms with van der Waals surface area (Å²) in [6.45, 7) is 2.47. The third kappa shape index (κ3) is 4.02. The summed E-state index contributed by atoms with van der Waals surface area (Å²) in [6, 6.07) is 4.85. The molecule has 2 aromatic rings. The maximum absolute atomic E-state index is 14.2. The molecule has 1 aromatic heterocycles. The average molecular weight is 377 g/mol. The quantitative estimate of drug-likeness (QED) is 0.748. The lowest BCUT2D eigenvalue weighted by molar-refractivity contribution is -0.158. The van der Waals surface area contributed by atoms with E-state index in [0.29, 0.717) is 24.9 Å². The Morgan fingerprint density at radius 1 is 1.30 bits per heavy atom. The summed E-state index contributed by atoms with van der Waals surface area (Å²) >= 11 is 0. The molecular formula is C20H21F2NO4. The number of amides is 1. The highest BCUT2D eigenvalue weighted by atomic mass is 19.1. The number of nitrogens with zero attached hydrogens (tertiary/aromatic N) is 1. The van der Waals surface area contributed by atoms with Gasteiger partial charge in [-0.1, -0.05) is 6.07 Å². The summed E-state index contributed by atoms with van der Waals surface area (Å²) in [5.74, 6) is -2.12. The SMILES string of the molecule is CCOC(=O)C1(Cc2ccc(F)cc2F)CCCN(C(=O)c2ccoc2)C1. The van der Waals surface area contributed by atoms with E-state index in [0.717, 1.165) is 12.1 Å². The number of likely N-dealkylation sites (tertiary alicyclic amines) is 1. The van der Waals surface area contributed by atoms with Gasteiger partial charge < -0.3 is 14.1 Å². The Balaban J connectivity index is 1.90. The fraction of sp³-hybridized carbons (Fsp3) is 0.400. The number of halogens is 2. The molecule has 3 rings (SSSR count). The molecule has 2 heterocycles. The zero-order valence-electron chi connectivity index (χ0n) is 15.0. The first-order valence-electron chi connectivity index (χ1n) is 8.88. The summed E-state index contributed by atoms with van der Waals surface area (Å²) in [6.07, 6.45) is 3.82. The Morgan fingerprint density at radius 2 is 2.11 bits per heavy atom. The minimum Gasteiger partial charge on any atom is -0.472 e. The number of benzene rings is 1. The van der Waals surface area contributed by atoms with Crippen LogP contribution in [0.3, 0.4) is 0 Å². The summed E-state index contributed by atoms with van der Waals surface area (Å²) in [7, 11) is 0. The summed E-state index contributed by atoms with van der Waals surface area (Å²) < 4.78 is 37.7. The van der Waals surface area contributed by atoms with E-state index in [4.69, 9.17) is 9.15 Å². The molecule has 1 aromatic carbocycles. The van der Waals surface area contributed by atoms with Gasteiger partial charge in [0.2, 0.25) is 0 Å². The van der Waals surface area contributed by atoms with Crippen LogP contribution in [-0.2, 0) is 16.0 Å². The lowest BCUT2D eigenvalue weighted by atomic mass is 9.74. The molecule has 1 saturated heterocycles. The van der Waals surface area contributed by atoms with E-state index in [-0.39, 0.29) is 31.0 Å². The van der Waals surface area contributed by atoms with E-state index in [9.17, 15) is 18.4 Å². The van der Waals surface area contributed by atoms with Gasteiger partial charge in [0.15, 0.2) is 0 Å². The van der Waals surface area contributed by atoms with Gasteiger partial charge in [-0.05, 0) is 43.9 Å². The summed E-state index contributed by atoms with van der Waals surface area (Å²) in [5, 5.41) is 0. The first kappa shape index (κ1) is 19.1. The third-order valence-corrected chi connectivity index (χ3v) is 4.88. The van der Waals surface area contributed by atoms with Crippen molar-refractivity contribution >= 4 is 11.9 Å². The van der Waals surface area contributed by atoms with Crippen molar-refractivity contribution in [2.45, 2.75) is 26.2 Å². The zero-order chi connectivity index (χ0) is 19.4. The molecule has 27 heavy (non-hydrogen) atoms. The number of piperidine rings is 1. The normalized spacial score (nSPS) is 19.7. The van der Waals surface area contributed by atoms with Crippen molar-refractivity contribution in [2.75, 3.05) is 19.7 Å². The Morgan fingerprint density at radius 3 is 2.78 bits per heavy atom. The number of hydrogen-bond acceptors (Lipinski definition) is 4. The van der Waals surface area contributed by atoms with Crippen LogP contribution in [0.1, 0.15) is 35.7 Å². The number of esters is 1. The van der Waals surface area contributed by atoms with Crippen LogP contribution in [0, 0.1) is 17.0 Å². The molecule has 0 aliphatic carbocycles. The zero-order valence-corrected chi connectivity index (χ0v) is 15.0. The van der Waals surface area contributed by atoms with E-state index in [1.54, 1.807) is 17.9 Å². The van der Waals surface area contributed by atoms with Crippen LogP contribution in [0.5, 0.6) is 0 Å². The molecule has 0 saturated carbocycles. The fourth-order valence-electron chi connectivity index (χ4n) is 3.57. The smallest absolute Gasteiger partial charge is 0.314 e. The van der Waals surface area contributed by atoms with Gasteiger partial charge in [-0.3, -0.25) is 9.59 Å².